The van der Waals surface area contributed by atoms with Gasteiger partial charge in [0, 0.05) is 13.1 Å². The van der Waals surface area contributed by atoms with Gasteiger partial charge in [-0.1, -0.05) is 30.3 Å². The standard InChI is InChI=1S/C23H25N3O5/c1-23(17-7-5-4-6-8-17)21(28)26(22(29)24-23)14-20(27)25-10-9-15-11-18(30-2)19(31-3)12-16(15)13-25/h4-8,11-12H,9-10,13-14H2,1-3H3,(H,24,29)/t23-/m1/s1. The average molecular weight is 423 g/mol. The van der Waals surface area contributed by atoms with Crippen molar-refractivity contribution in [2.24, 2.45) is 0 Å². The van der Waals surface area contributed by atoms with Gasteiger partial charge in [-0.2, -0.15) is 0 Å². The highest BCUT2D eigenvalue weighted by molar-refractivity contribution is 6.09. The molecule has 2 aliphatic heterocycles. The van der Waals surface area contributed by atoms with Crippen molar-refractivity contribution in [2.45, 2.75) is 25.4 Å². The molecule has 0 radical (unpaired) electrons. The lowest BCUT2D eigenvalue weighted by Crippen LogP contribution is -2.45. The van der Waals surface area contributed by atoms with Gasteiger partial charge in [0.1, 0.15) is 12.1 Å². The SMILES string of the molecule is COc1cc2c(cc1OC)CN(C(=O)CN1C(=O)N[C@](C)(c3ccccc3)C1=O)CC2. The van der Waals surface area contributed by atoms with Crippen LogP contribution in [0, 0.1) is 0 Å². The van der Waals surface area contributed by atoms with Crippen LogP contribution in [-0.2, 0) is 28.1 Å². The molecule has 4 rings (SSSR count). The molecule has 1 fully saturated rings. The van der Waals surface area contributed by atoms with Gasteiger partial charge in [0.25, 0.3) is 5.91 Å². The Kier molecular flexibility index (Phi) is 5.31. The summed E-state index contributed by atoms with van der Waals surface area (Å²) >= 11 is 0. The van der Waals surface area contributed by atoms with Crippen LogP contribution in [0.25, 0.3) is 0 Å². The highest BCUT2D eigenvalue weighted by Gasteiger charge is 2.49. The third-order valence-electron chi connectivity index (χ3n) is 5.99. The average Bonchev–Trinajstić information content (AvgIpc) is 3.02. The molecule has 0 spiro atoms. The van der Waals surface area contributed by atoms with Crippen molar-refractivity contribution < 1.29 is 23.9 Å². The fraction of sp³-hybridized carbons (Fsp3) is 0.348. The summed E-state index contributed by atoms with van der Waals surface area (Å²) in [5, 5.41) is 2.73. The first-order valence-electron chi connectivity index (χ1n) is 10.1. The van der Waals surface area contributed by atoms with E-state index in [2.05, 4.69) is 5.32 Å². The molecule has 8 nitrogen and oxygen atoms in total. The molecule has 1 atom stereocenters. The molecule has 2 aliphatic rings. The summed E-state index contributed by atoms with van der Waals surface area (Å²) in [6, 6.07) is 12.3. The number of methoxy groups -OCH3 is 2. The molecule has 31 heavy (non-hydrogen) atoms. The quantitative estimate of drug-likeness (QED) is 0.744. The van der Waals surface area contributed by atoms with E-state index >= 15 is 0 Å². The maximum atomic E-state index is 13.1. The number of carbonyl (C=O) groups excluding carboxylic acids is 3. The second-order valence-electron chi connectivity index (χ2n) is 7.85. The molecule has 2 aromatic carbocycles. The zero-order valence-corrected chi connectivity index (χ0v) is 17.8. The fourth-order valence-corrected chi connectivity index (χ4v) is 4.14. The summed E-state index contributed by atoms with van der Waals surface area (Å²) < 4.78 is 10.7. The Hall–Kier alpha value is -3.55. The third-order valence-corrected chi connectivity index (χ3v) is 5.99. The molecule has 162 valence electrons. The predicted molar refractivity (Wildman–Crippen MR) is 113 cm³/mol. The van der Waals surface area contributed by atoms with Crippen molar-refractivity contribution in [3.05, 3.63) is 59.2 Å². The first kappa shape index (κ1) is 20.7. The Morgan fingerprint density at radius 3 is 2.35 bits per heavy atom. The number of urea groups is 1. The van der Waals surface area contributed by atoms with Crippen molar-refractivity contribution in [1.29, 1.82) is 0 Å². The number of imide groups is 1. The van der Waals surface area contributed by atoms with Gasteiger partial charge < -0.3 is 19.7 Å². The molecule has 1 N–H and O–H groups in total. The maximum absolute atomic E-state index is 13.1. The number of ether oxygens (including phenoxy) is 2. The summed E-state index contributed by atoms with van der Waals surface area (Å²) in [6.45, 7) is 2.24. The largest absolute Gasteiger partial charge is 0.493 e. The van der Waals surface area contributed by atoms with Crippen LogP contribution in [0.2, 0.25) is 0 Å². The molecule has 0 aliphatic carbocycles. The minimum atomic E-state index is -1.18. The number of amides is 4. The van der Waals surface area contributed by atoms with Gasteiger partial charge >= 0.3 is 6.03 Å². The Bertz CT molecular complexity index is 1040. The molecule has 0 saturated carbocycles. The van der Waals surface area contributed by atoms with Gasteiger partial charge in [0.2, 0.25) is 5.91 Å². The van der Waals surface area contributed by atoms with Gasteiger partial charge in [-0.3, -0.25) is 14.5 Å². The van der Waals surface area contributed by atoms with E-state index in [1.165, 1.54) is 0 Å². The molecule has 0 unspecified atom stereocenters. The molecule has 4 amide bonds. The van der Waals surface area contributed by atoms with Crippen molar-refractivity contribution in [1.82, 2.24) is 15.1 Å². The van der Waals surface area contributed by atoms with Crippen molar-refractivity contribution in [2.75, 3.05) is 27.3 Å². The summed E-state index contributed by atoms with van der Waals surface area (Å²) in [6.07, 6.45) is 0.656. The van der Waals surface area contributed by atoms with Crippen LogP contribution in [0.1, 0.15) is 23.6 Å². The maximum Gasteiger partial charge on any atom is 0.325 e. The highest BCUT2D eigenvalue weighted by Crippen LogP contribution is 2.33. The number of rotatable bonds is 5. The number of nitrogens with one attached hydrogen (secondary N) is 1. The van der Waals surface area contributed by atoms with Crippen LogP contribution in [0.3, 0.4) is 0 Å². The lowest BCUT2D eigenvalue weighted by molar-refractivity contribution is -0.139. The molecular formula is C23H25N3O5. The molecule has 1 saturated heterocycles. The van der Waals surface area contributed by atoms with Crippen LogP contribution in [-0.4, -0.2) is 55.0 Å². The summed E-state index contributed by atoms with van der Waals surface area (Å²) in [4.78, 5) is 41.2. The first-order valence-corrected chi connectivity index (χ1v) is 10.1. The summed E-state index contributed by atoms with van der Waals surface area (Å²) in [5.41, 5.74) is 1.55. The lowest BCUT2D eigenvalue weighted by Gasteiger charge is -2.30. The van der Waals surface area contributed by atoms with Gasteiger partial charge in [0.05, 0.1) is 14.2 Å². The Labute approximate surface area is 180 Å². The monoisotopic (exact) mass is 423 g/mol. The van der Waals surface area contributed by atoms with E-state index in [0.717, 1.165) is 16.0 Å². The third kappa shape index (κ3) is 3.58. The van der Waals surface area contributed by atoms with Crippen LogP contribution in [0.5, 0.6) is 11.5 Å². The molecule has 0 aromatic heterocycles. The lowest BCUT2D eigenvalue weighted by atomic mass is 9.92. The van der Waals surface area contributed by atoms with Crippen LogP contribution < -0.4 is 14.8 Å². The number of hydrogen-bond donors (Lipinski definition) is 1. The van der Waals surface area contributed by atoms with Gasteiger partial charge in [-0.05, 0) is 42.2 Å². The normalized spacial score (nSPS) is 20.4. The number of nitrogens with zero attached hydrogens (tertiary/aromatic N) is 2. The number of benzene rings is 2. The van der Waals surface area contributed by atoms with Crippen molar-refractivity contribution >= 4 is 17.8 Å². The Morgan fingerprint density at radius 2 is 1.71 bits per heavy atom. The van der Waals surface area contributed by atoms with E-state index in [4.69, 9.17) is 9.47 Å². The van der Waals surface area contributed by atoms with E-state index in [0.29, 0.717) is 36.6 Å². The highest BCUT2D eigenvalue weighted by atomic mass is 16.5. The van der Waals surface area contributed by atoms with E-state index < -0.39 is 17.5 Å². The smallest absolute Gasteiger partial charge is 0.325 e. The van der Waals surface area contributed by atoms with Gasteiger partial charge in [-0.25, -0.2) is 4.79 Å². The van der Waals surface area contributed by atoms with Crippen molar-refractivity contribution in [3.8, 4) is 11.5 Å². The molecule has 2 aromatic rings. The summed E-state index contributed by atoms with van der Waals surface area (Å²) in [5.74, 6) is 0.547. The van der Waals surface area contributed by atoms with Crippen LogP contribution in [0.4, 0.5) is 4.79 Å². The summed E-state index contributed by atoms with van der Waals surface area (Å²) in [7, 11) is 3.15. The number of hydrogen-bond acceptors (Lipinski definition) is 5. The molecule has 0 bridgehead atoms. The molecule has 2 heterocycles. The molecule has 8 heteroatoms. The predicted octanol–water partition coefficient (Wildman–Crippen LogP) is 2.06. The molecular weight excluding hydrogens is 398 g/mol. The van der Waals surface area contributed by atoms with Crippen molar-refractivity contribution in [3.63, 3.8) is 0 Å². The van der Waals surface area contributed by atoms with Crippen LogP contribution in [0.15, 0.2) is 42.5 Å². The Balaban J connectivity index is 1.49. The minimum absolute atomic E-state index is 0.277. The van der Waals surface area contributed by atoms with E-state index in [9.17, 15) is 14.4 Å². The zero-order chi connectivity index (χ0) is 22.2. The first-order chi connectivity index (χ1) is 14.9. The second kappa shape index (κ2) is 7.94. The number of fused-ring (bicyclic) bond motifs is 1. The van der Waals surface area contributed by atoms with Gasteiger partial charge in [-0.15, -0.1) is 0 Å². The zero-order valence-electron chi connectivity index (χ0n) is 17.8. The Morgan fingerprint density at radius 1 is 1.06 bits per heavy atom. The topological polar surface area (TPSA) is 88.2 Å². The second-order valence-corrected chi connectivity index (χ2v) is 7.85. The minimum Gasteiger partial charge on any atom is -0.493 e. The van der Waals surface area contributed by atoms with Crippen LogP contribution >= 0.6 is 0 Å². The van der Waals surface area contributed by atoms with E-state index in [1.54, 1.807) is 38.2 Å². The number of carbonyl (C=O) groups is 3. The van der Waals surface area contributed by atoms with E-state index in [-0.39, 0.29) is 12.5 Å². The fourth-order valence-electron chi connectivity index (χ4n) is 4.14. The van der Waals surface area contributed by atoms with E-state index in [1.807, 2.05) is 30.3 Å². The van der Waals surface area contributed by atoms with Gasteiger partial charge in [0.15, 0.2) is 11.5 Å².